The van der Waals surface area contributed by atoms with Crippen LogP contribution in [0.15, 0.2) is 30.5 Å². The van der Waals surface area contributed by atoms with Gasteiger partial charge in [-0.15, -0.1) is 0 Å². The molecular formula is C26H31ClFN3O2. The molecule has 5 nitrogen and oxygen atoms in total. The second-order valence-electron chi connectivity index (χ2n) is 9.64. The smallest absolute Gasteiger partial charge is 0.317 e. The quantitative estimate of drug-likeness (QED) is 0.662. The molecule has 2 atom stereocenters. The highest BCUT2D eigenvalue weighted by Gasteiger charge is 2.32. The third-order valence-corrected chi connectivity index (χ3v) is 7.78. The molecule has 1 N–H and O–H groups in total. The minimum absolute atomic E-state index is 0.0148. The summed E-state index contributed by atoms with van der Waals surface area (Å²) in [7, 11) is 0. The fraction of sp³-hybridized carbons (Fsp3) is 0.538. The van der Waals surface area contributed by atoms with Gasteiger partial charge in [0.1, 0.15) is 5.82 Å². The minimum atomic E-state index is -0.399. The van der Waals surface area contributed by atoms with Crippen LogP contribution in [0.4, 0.5) is 9.18 Å². The van der Waals surface area contributed by atoms with Crippen LogP contribution < -0.4 is 5.32 Å². The Bertz CT molecular complexity index is 1010. The van der Waals surface area contributed by atoms with Crippen molar-refractivity contribution >= 4 is 17.6 Å². The zero-order valence-electron chi connectivity index (χ0n) is 18.9. The van der Waals surface area contributed by atoms with E-state index in [9.17, 15) is 9.18 Å². The topological polar surface area (TPSA) is 54.5 Å². The summed E-state index contributed by atoms with van der Waals surface area (Å²) >= 11 is 5.86. The molecule has 33 heavy (non-hydrogen) atoms. The molecule has 0 spiro atoms. The van der Waals surface area contributed by atoms with Crippen LogP contribution in [0.2, 0.25) is 5.02 Å². The van der Waals surface area contributed by atoms with Gasteiger partial charge >= 0.3 is 6.03 Å². The van der Waals surface area contributed by atoms with Crippen LogP contribution in [0.1, 0.15) is 60.4 Å². The number of pyridine rings is 1. The monoisotopic (exact) mass is 471 g/mol. The van der Waals surface area contributed by atoms with Gasteiger partial charge in [-0.1, -0.05) is 24.1 Å². The van der Waals surface area contributed by atoms with Crippen molar-refractivity contribution in [2.75, 3.05) is 19.8 Å². The predicted octanol–water partition coefficient (Wildman–Crippen LogP) is 5.25. The summed E-state index contributed by atoms with van der Waals surface area (Å²) in [5, 5.41) is 3.38. The number of carbonyl (C=O) groups is 1. The highest BCUT2D eigenvalue weighted by atomic mass is 35.5. The van der Waals surface area contributed by atoms with Crippen molar-refractivity contribution in [3.63, 3.8) is 0 Å². The molecule has 2 aromatic rings. The summed E-state index contributed by atoms with van der Waals surface area (Å²) in [5.74, 6) is 0.348. The van der Waals surface area contributed by atoms with Crippen molar-refractivity contribution in [2.45, 2.75) is 63.5 Å². The van der Waals surface area contributed by atoms with Gasteiger partial charge in [0.25, 0.3) is 0 Å². The van der Waals surface area contributed by atoms with Crippen molar-refractivity contribution in [1.29, 1.82) is 0 Å². The Morgan fingerprint density at radius 1 is 1.18 bits per heavy atom. The number of amides is 2. The van der Waals surface area contributed by atoms with Gasteiger partial charge in [-0.2, -0.15) is 0 Å². The van der Waals surface area contributed by atoms with Crippen LogP contribution in [0.3, 0.4) is 0 Å². The van der Waals surface area contributed by atoms with Gasteiger partial charge in [0, 0.05) is 50.2 Å². The molecule has 0 unspecified atom stereocenters. The van der Waals surface area contributed by atoms with Crippen LogP contribution in [0.5, 0.6) is 0 Å². The normalized spacial score (nSPS) is 23.4. The van der Waals surface area contributed by atoms with E-state index < -0.39 is 5.82 Å². The van der Waals surface area contributed by atoms with Crippen LogP contribution in [-0.2, 0) is 24.1 Å². The van der Waals surface area contributed by atoms with Crippen LogP contribution >= 0.6 is 11.6 Å². The zero-order chi connectivity index (χ0) is 22.8. The number of urea groups is 1. The largest absolute Gasteiger partial charge is 0.381 e. The zero-order valence-corrected chi connectivity index (χ0v) is 19.6. The Morgan fingerprint density at radius 2 is 2.03 bits per heavy atom. The van der Waals surface area contributed by atoms with Crippen molar-refractivity contribution in [1.82, 2.24) is 15.2 Å². The molecule has 2 aliphatic heterocycles. The summed E-state index contributed by atoms with van der Waals surface area (Å²) in [6.45, 7) is 2.98. The number of hydrogen-bond donors (Lipinski definition) is 1. The molecule has 1 aliphatic carbocycles. The number of carbonyl (C=O) groups excluding carboxylic acids is 1. The van der Waals surface area contributed by atoms with E-state index in [1.54, 1.807) is 6.07 Å². The maximum atomic E-state index is 14.0. The average Bonchev–Trinajstić information content (AvgIpc) is 3.29. The molecule has 5 rings (SSSR count). The van der Waals surface area contributed by atoms with Gasteiger partial charge in [-0.25, -0.2) is 9.18 Å². The minimum Gasteiger partial charge on any atom is -0.381 e. The number of rotatable bonds is 4. The third kappa shape index (κ3) is 5.17. The Balaban J connectivity index is 1.23. The van der Waals surface area contributed by atoms with E-state index in [1.807, 2.05) is 17.2 Å². The summed E-state index contributed by atoms with van der Waals surface area (Å²) in [5.41, 5.74) is 4.47. The highest BCUT2D eigenvalue weighted by molar-refractivity contribution is 6.30. The molecule has 1 saturated carbocycles. The number of ether oxygens (including phenoxy) is 1. The van der Waals surface area contributed by atoms with Crippen molar-refractivity contribution in [3.05, 3.63) is 63.7 Å². The lowest BCUT2D eigenvalue weighted by atomic mass is 9.93. The molecule has 3 heterocycles. The van der Waals surface area contributed by atoms with E-state index in [2.05, 4.69) is 11.4 Å². The summed E-state index contributed by atoms with van der Waals surface area (Å²) in [6.07, 6.45) is 8.85. The van der Waals surface area contributed by atoms with Crippen molar-refractivity contribution in [3.8, 4) is 0 Å². The molecule has 1 saturated heterocycles. The maximum Gasteiger partial charge on any atom is 0.317 e. The Hall–Kier alpha value is -2.18. The van der Waals surface area contributed by atoms with Crippen LogP contribution in [0.25, 0.3) is 0 Å². The standard InChI is InChI=1S/C26H31ClFN3O2/c27-23-5-4-18(14-24(23)28)22-2-1-3-25(22)30-26(32)31-9-6-19-15-29-21(13-20(19)16-31)12-17-7-10-33-11-8-17/h4-5,13-15,17,22,25H,1-3,6-12,16H2,(H,30,32)/t22-,25+/m0/s1. The second kappa shape index (κ2) is 9.98. The SMILES string of the molecule is O=C(N[C@@H]1CCC[C@H]1c1ccc(Cl)c(F)c1)N1CCc2cnc(CC3CCOCC3)cc2C1. The number of halogens is 2. The van der Waals surface area contributed by atoms with Gasteiger partial charge in [0.15, 0.2) is 0 Å². The molecule has 3 aliphatic rings. The lowest BCUT2D eigenvalue weighted by Crippen LogP contribution is -2.47. The summed E-state index contributed by atoms with van der Waals surface area (Å²) in [6, 6.07) is 7.18. The van der Waals surface area contributed by atoms with Crippen LogP contribution in [0, 0.1) is 11.7 Å². The first kappa shape index (κ1) is 22.6. The summed E-state index contributed by atoms with van der Waals surface area (Å²) in [4.78, 5) is 19.8. The number of benzene rings is 1. The number of aromatic nitrogens is 1. The van der Waals surface area contributed by atoms with Gasteiger partial charge < -0.3 is 15.0 Å². The van der Waals surface area contributed by atoms with Gasteiger partial charge in [-0.3, -0.25) is 4.98 Å². The molecule has 2 fully saturated rings. The molecular weight excluding hydrogens is 441 g/mol. The number of nitrogens with one attached hydrogen (secondary N) is 1. The lowest BCUT2D eigenvalue weighted by Gasteiger charge is -2.31. The molecule has 1 aromatic heterocycles. The molecule has 7 heteroatoms. The van der Waals surface area contributed by atoms with E-state index >= 15 is 0 Å². The third-order valence-electron chi connectivity index (χ3n) is 7.47. The predicted molar refractivity (Wildman–Crippen MR) is 126 cm³/mol. The van der Waals surface area contributed by atoms with Crippen LogP contribution in [-0.4, -0.2) is 41.7 Å². The lowest BCUT2D eigenvalue weighted by molar-refractivity contribution is 0.0662. The first-order chi connectivity index (χ1) is 16.1. The van der Waals surface area contributed by atoms with E-state index in [0.29, 0.717) is 19.0 Å². The first-order valence-electron chi connectivity index (χ1n) is 12.1. The Labute approximate surface area is 199 Å². The van der Waals surface area contributed by atoms with Crippen molar-refractivity contribution in [2.24, 2.45) is 5.92 Å². The Kier molecular flexibility index (Phi) is 6.84. The average molecular weight is 472 g/mol. The van der Waals surface area contributed by atoms with Crippen molar-refractivity contribution < 1.29 is 13.9 Å². The second-order valence-corrected chi connectivity index (χ2v) is 10.0. The molecule has 1 aromatic carbocycles. The summed E-state index contributed by atoms with van der Waals surface area (Å²) < 4.78 is 19.5. The van der Waals surface area contributed by atoms with E-state index in [1.165, 1.54) is 17.2 Å². The Morgan fingerprint density at radius 3 is 2.85 bits per heavy atom. The molecule has 2 amide bonds. The fourth-order valence-electron chi connectivity index (χ4n) is 5.54. The van der Waals surface area contributed by atoms with Gasteiger partial charge in [0.05, 0.1) is 5.02 Å². The number of fused-ring (bicyclic) bond motifs is 1. The fourth-order valence-corrected chi connectivity index (χ4v) is 5.66. The molecule has 0 bridgehead atoms. The van der Waals surface area contributed by atoms with E-state index in [4.69, 9.17) is 21.3 Å². The van der Waals surface area contributed by atoms with E-state index in [-0.39, 0.29) is 23.0 Å². The number of hydrogen-bond acceptors (Lipinski definition) is 3. The number of nitrogens with zero attached hydrogens (tertiary/aromatic N) is 2. The van der Waals surface area contributed by atoms with Gasteiger partial charge in [-0.05, 0) is 79.3 Å². The maximum absolute atomic E-state index is 14.0. The molecule has 176 valence electrons. The first-order valence-corrected chi connectivity index (χ1v) is 12.5. The van der Waals surface area contributed by atoms with Gasteiger partial charge in [0.2, 0.25) is 0 Å². The highest BCUT2D eigenvalue weighted by Crippen LogP contribution is 2.36. The molecule has 0 radical (unpaired) electrons. The van der Waals surface area contributed by atoms with E-state index in [0.717, 1.165) is 69.4 Å².